The SMILES string of the molecule is COC1C(OC2C(OC(C=CC(C)C3CC(O)C4C3(C)CCC3C5(C)CCC(O)CC5C(O)CC34O)C(C)C)OCC(O)C2O)OCC(O)C1O. The first-order valence-electron chi connectivity index (χ1n) is 19.2. The molecule has 2 saturated heterocycles. The number of allylic oxidation sites excluding steroid dienone is 1. The smallest absolute Gasteiger partial charge is 0.187 e. The van der Waals surface area contributed by atoms with Crippen LogP contribution in [0.3, 0.4) is 0 Å². The molecule has 4 saturated carbocycles. The second-order valence-electron chi connectivity index (χ2n) is 17.7. The molecular weight excluding hydrogens is 664 g/mol. The fourth-order valence-corrected chi connectivity index (χ4v) is 11.7. The van der Waals surface area contributed by atoms with Crippen LogP contribution in [0.25, 0.3) is 0 Å². The summed E-state index contributed by atoms with van der Waals surface area (Å²) in [6.45, 7) is 10.1. The minimum Gasteiger partial charge on any atom is -0.393 e. The maximum atomic E-state index is 12.6. The van der Waals surface area contributed by atoms with E-state index in [9.17, 15) is 40.9 Å². The third-order valence-corrected chi connectivity index (χ3v) is 14.3. The van der Waals surface area contributed by atoms with Gasteiger partial charge in [-0.25, -0.2) is 0 Å². The lowest BCUT2D eigenvalue weighted by molar-refractivity contribution is -0.349. The van der Waals surface area contributed by atoms with Gasteiger partial charge in [0.2, 0.25) is 0 Å². The Kier molecular flexibility index (Phi) is 11.8. The maximum Gasteiger partial charge on any atom is 0.187 e. The van der Waals surface area contributed by atoms with Crippen molar-refractivity contribution in [1.82, 2.24) is 0 Å². The third-order valence-electron chi connectivity index (χ3n) is 14.3. The van der Waals surface area contributed by atoms with Gasteiger partial charge < -0.3 is 64.5 Å². The summed E-state index contributed by atoms with van der Waals surface area (Å²) < 4.78 is 29.2. The van der Waals surface area contributed by atoms with E-state index >= 15 is 0 Å². The highest BCUT2D eigenvalue weighted by molar-refractivity contribution is 5.21. The molecule has 2 aliphatic heterocycles. The van der Waals surface area contributed by atoms with Gasteiger partial charge in [0.25, 0.3) is 0 Å². The van der Waals surface area contributed by atoms with Crippen LogP contribution in [0, 0.1) is 46.3 Å². The fraction of sp³-hybridized carbons (Fsp3) is 0.947. The Morgan fingerprint density at radius 2 is 1.37 bits per heavy atom. The van der Waals surface area contributed by atoms with Crippen LogP contribution >= 0.6 is 0 Å². The van der Waals surface area contributed by atoms with Gasteiger partial charge in [0, 0.05) is 19.4 Å². The Morgan fingerprint density at radius 3 is 2.02 bits per heavy atom. The van der Waals surface area contributed by atoms with Gasteiger partial charge in [-0.05, 0) is 78.9 Å². The molecule has 51 heavy (non-hydrogen) atoms. The number of hydrogen-bond donors (Lipinski definition) is 8. The molecule has 20 atom stereocenters. The van der Waals surface area contributed by atoms with Crippen LogP contribution in [0.4, 0.5) is 0 Å². The predicted octanol–water partition coefficient (Wildman–Crippen LogP) is 0.853. The summed E-state index contributed by atoms with van der Waals surface area (Å²) in [6.07, 6.45) is -3.62. The van der Waals surface area contributed by atoms with Crippen LogP contribution in [-0.2, 0) is 23.7 Å². The molecule has 6 aliphatic rings. The van der Waals surface area contributed by atoms with Gasteiger partial charge in [-0.2, -0.15) is 0 Å². The quantitative estimate of drug-likeness (QED) is 0.155. The van der Waals surface area contributed by atoms with Gasteiger partial charge in [0.15, 0.2) is 12.6 Å². The Hall–Kier alpha value is -0.780. The molecule has 6 rings (SSSR count). The topological polar surface area (TPSA) is 208 Å². The normalized spacial score (nSPS) is 53.0. The van der Waals surface area contributed by atoms with Crippen LogP contribution in [0.2, 0.25) is 0 Å². The molecule has 4 aliphatic carbocycles. The summed E-state index contributed by atoms with van der Waals surface area (Å²) in [5.41, 5.74) is -1.89. The van der Waals surface area contributed by atoms with Crippen LogP contribution in [-0.4, -0.2) is 140 Å². The Balaban J connectivity index is 1.17. The second kappa shape index (κ2) is 15.0. The largest absolute Gasteiger partial charge is 0.393 e. The van der Waals surface area contributed by atoms with Crippen molar-refractivity contribution in [2.24, 2.45) is 46.3 Å². The molecule has 0 spiro atoms. The number of aliphatic hydroxyl groups excluding tert-OH is 7. The zero-order chi connectivity index (χ0) is 37.2. The molecule has 20 unspecified atom stereocenters. The number of rotatable bonds is 9. The minimum absolute atomic E-state index is 0.000856. The molecule has 8 N–H and O–H groups in total. The van der Waals surface area contributed by atoms with Crippen LogP contribution in [0.15, 0.2) is 12.2 Å². The van der Waals surface area contributed by atoms with Crippen molar-refractivity contribution in [2.75, 3.05) is 20.3 Å². The van der Waals surface area contributed by atoms with Crippen molar-refractivity contribution < 1.29 is 64.5 Å². The molecule has 2 heterocycles. The number of ether oxygens (including phenoxy) is 5. The molecule has 0 bridgehead atoms. The first-order valence-corrected chi connectivity index (χ1v) is 19.2. The molecule has 13 heteroatoms. The van der Waals surface area contributed by atoms with E-state index in [-0.39, 0.29) is 66.0 Å². The lowest BCUT2D eigenvalue weighted by atomic mass is 9.42. The first kappa shape index (κ1) is 39.9. The summed E-state index contributed by atoms with van der Waals surface area (Å²) in [5, 5.41) is 88.1. The van der Waals surface area contributed by atoms with Crippen molar-refractivity contribution in [2.45, 2.75) is 159 Å². The van der Waals surface area contributed by atoms with E-state index in [0.717, 1.165) is 19.3 Å². The number of fused-ring (bicyclic) bond motifs is 5. The minimum atomic E-state index is -1.39. The first-order chi connectivity index (χ1) is 24.0. The van der Waals surface area contributed by atoms with E-state index in [0.29, 0.717) is 19.3 Å². The molecular formula is C38H64O13. The lowest BCUT2D eigenvalue weighted by Gasteiger charge is -2.66. The van der Waals surface area contributed by atoms with E-state index in [1.54, 1.807) is 0 Å². The highest BCUT2D eigenvalue weighted by atomic mass is 16.8. The summed E-state index contributed by atoms with van der Waals surface area (Å²) in [4.78, 5) is 0. The van der Waals surface area contributed by atoms with Gasteiger partial charge in [0.1, 0.15) is 36.6 Å². The summed E-state index contributed by atoms with van der Waals surface area (Å²) in [5.74, 6) is -0.500. The maximum absolute atomic E-state index is 12.6. The van der Waals surface area contributed by atoms with Gasteiger partial charge >= 0.3 is 0 Å². The van der Waals surface area contributed by atoms with Crippen molar-refractivity contribution in [3.63, 3.8) is 0 Å². The number of hydrogen-bond acceptors (Lipinski definition) is 13. The molecule has 294 valence electrons. The van der Waals surface area contributed by atoms with E-state index in [1.807, 2.05) is 19.9 Å². The van der Waals surface area contributed by atoms with Crippen molar-refractivity contribution in [3.8, 4) is 0 Å². The Labute approximate surface area is 301 Å². The lowest BCUT2D eigenvalue weighted by Crippen LogP contribution is -2.68. The van der Waals surface area contributed by atoms with Crippen molar-refractivity contribution >= 4 is 0 Å². The molecule has 0 aromatic carbocycles. The Morgan fingerprint density at radius 1 is 0.745 bits per heavy atom. The summed E-state index contributed by atoms with van der Waals surface area (Å²) >= 11 is 0. The molecule has 0 aromatic heterocycles. The summed E-state index contributed by atoms with van der Waals surface area (Å²) in [6, 6.07) is 0. The van der Waals surface area contributed by atoms with Crippen molar-refractivity contribution in [1.29, 1.82) is 0 Å². The van der Waals surface area contributed by atoms with Crippen LogP contribution < -0.4 is 0 Å². The van der Waals surface area contributed by atoms with E-state index in [1.165, 1.54) is 7.11 Å². The standard InChI is InChI=1S/C38H64O13/c1-18(2)27(50-35-32(30(45)26(43)17-49-35)51-34-31(47-6)29(44)25(42)16-48-34)8-7-19(3)21-14-23(40)33-37(21,5)12-10-28-36(4)11-9-20(39)13-22(36)24(41)15-38(28,33)46/h7-8,18-35,39-46H,9-17H2,1-6H3. The summed E-state index contributed by atoms with van der Waals surface area (Å²) in [7, 11) is 1.35. The van der Waals surface area contributed by atoms with Gasteiger partial charge in [0.05, 0.1) is 43.2 Å². The van der Waals surface area contributed by atoms with Gasteiger partial charge in [-0.1, -0.05) is 46.8 Å². The number of aliphatic hydroxyl groups is 8. The van der Waals surface area contributed by atoms with E-state index in [4.69, 9.17) is 23.7 Å². The van der Waals surface area contributed by atoms with Gasteiger partial charge in [-0.15, -0.1) is 0 Å². The average molecular weight is 729 g/mol. The monoisotopic (exact) mass is 728 g/mol. The highest BCUT2D eigenvalue weighted by Crippen LogP contribution is 2.69. The molecule has 6 fully saturated rings. The highest BCUT2D eigenvalue weighted by Gasteiger charge is 2.70. The molecule has 0 aromatic rings. The van der Waals surface area contributed by atoms with E-state index in [2.05, 4.69) is 26.8 Å². The van der Waals surface area contributed by atoms with E-state index < -0.39 is 79.2 Å². The fourth-order valence-electron chi connectivity index (χ4n) is 11.7. The van der Waals surface area contributed by atoms with Crippen molar-refractivity contribution in [3.05, 3.63) is 12.2 Å². The second-order valence-corrected chi connectivity index (χ2v) is 17.7. The zero-order valence-corrected chi connectivity index (χ0v) is 31.0. The third kappa shape index (κ3) is 7.00. The molecule has 13 nitrogen and oxygen atoms in total. The van der Waals surface area contributed by atoms with Crippen LogP contribution in [0.5, 0.6) is 0 Å². The van der Waals surface area contributed by atoms with Gasteiger partial charge in [-0.3, -0.25) is 0 Å². The Bertz CT molecular complexity index is 1220. The number of methoxy groups -OCH3 is 1. The molecule has 0 radical (unpaired) electrons. The predicted molar refractivity (Wildman–Crippen MR) is 183 cm³/mol. The van der Waals surface area contributed by atoms with Crippen LogP contribution in [0.1, 0.15) is 79.6 Å². The molecule has 0 amide bonds. The average Bonchev–Trinajstić information content (AvgIpc) is 3.35. The zero-order valence-electron chi connectivity index (χ0n) is 31.0.